The molecule has 4 rings (SSSR count). The number of imidazole rings is 1. The highest BCUT2D eigenvalue weighted by atomic mass is 32.1. The third kappa shape index (κ3) is 2.69. The lowest BCUT2D eigenvalue weighted by Gasteiger charge is -2.01. The number of amides is 1. The number of fused-ring (bicyclic) bond motifs is 1. The summed E-state index contributed by atoms with van der Waals surface area (Å²) in [6, 6.07) is 13.4. The van der Waals surface area contributed by atoms with Gasteiger partial charge >= 0.3 is 0 Å². The van der Waals surface area contributed by atoms with Gasteiger partial charge in [-0.1, -0.05) is 41.7 Å². The van der Waals surface area contributed by atoms with Gasteiger partial charge in [0.1, 0.15) is 11.2 Å². The van der Waals surface area contributed by atoms with E-state index in [-0.39, 0.29) is 5.91 Å². The van der Waals surface area contributed by atoms with Crippen molar-refractivity contribution in [2.75, 3.05) is 5.32 Å². The summed E-state index contributed by atoms with van der Waals surface area (Å²) in [5.74, 6) is -0.228. The molecule has 0 unspecified atom stereocenters. The third-order valence-corrected chi connectivity index (χ3v) is 3.98. The molecule has 0 atom stereocenters. The van der Waals surface area contributed by atoms with Crippen LogP contribution < -0.4 is 5.32 Å². The summed E-state index contributed by atoms with van der Waals surface area (Å²) in [6.07, 6.45) is 3.76. The van der Waals surface area contributed by atoms with E-state index in [2.05, 4.69) is 20.5 Å². The summed E-state index contributed by atoms with van der Waals surface area (Å²) in [6.45, 7) is 0. The molecule has 7 heteroatoms. The van der Waals surface area contributed by atoms with Crippen molar-refractivity contribution >= 4 is 28.0 Å². The number of pyridine rings is 1. The van der Waals surface area contributed by atoms with Crippen LogP contribution in [0.15, 0.2) is 60.4 Å². The first-order chi connectivity index (χ1) is 11.3. The van der Waals surface area contributed by atoms with E-state index in [0.717, 1.165) is 11.3 Å². The van der Waals surface area contributed by atoms with Crippen LogP contribution in [0.4, 0.5) is 5.13 Å². The van der Waals surface area contributed by atoms with Gasteiger partial charge in [-0.3, -0.25) is 10.1 Å². The van der Waals surface area contributed by atoms with Crippen molar-refractivity contribution in [3.05, 3.63) is 65.9 Å². The molecule has 0 aliphatic heterocycles. The van der Waals surface area contributed by atoms with Gasteiger partial charge in [0, 0.05) is 23.5 Å². The number of hydrogen-bond acceptors (Lipinski definition) is 5. The lowest BCUT2D eigenvalue weighted by atomic mass is 10.2. The van der Waals surface area contributed by atoms with Gasteiger partial charge in [0.2, 0.25) is 5.13 Å². The fraction of sp³-hybridized carbons (Fsp3) is 0. The maximum Gasteiger partial charge on any atom is 0.257 e. The molecule has 0 bridgehead atoms. The SMILES string of the molecule is O=C(Nc1nncs1)c1ccn2cc(-c3ccccc3)nc2c1. The van der Waals surface area contributed by atoms with Crippen LogP contribution in [0.3, 0.4) is 0 Å². The number of nitrogens with zero attached hydrogens (tertiary/aromatic N) is 4. The Morgan fingerprint density at radius 1 is 1.17 bits per heavy atom. The number of rotatable bonds is 3. The average Bonchev–Trinajstić information content (AvgIpc) is 3.24. The first kappa shape index (κ1) is 13.6. The standard InChI is InChI=1S/C16H11N5OS/c22-15(19-16-20-17-10-23-16)12-6-7-21-9-13(18-14(21)8-12)11-4-2-1-3-5-11/h1-10H,(H,19,20,22). The fourth-order valence-electron chi connectivity index (χ4n) is 2.27. The number of hydrogen-bond donors (Lipinski definition) is 1. The van der Waals surface area contributed by atoms with Crippen molar-refractivity contribution in [1.29, 1.82) is 0 Å². The number of carbonyl (C=O) groups is 1. The molecule has 0 saturated heterocycles. The molecule has 0 saturated carbocycles. The smallest absolute Gasteiger partial charge is 0.257 e. The van der Waals surface area contributed by atoms with Crippen LogP contribution in [0.2, 0.25) is 0 Å². The molecule has 0 aliphatic carbocycles. The molecule has 1 amide bonds. The largest absolute Gasteiger partial charge is 0.306 e. The molecule has 4 aromatic rings. The van der Waals surface area contributed by atoms with Crippen molar-refractivity contribution in [2.45, 2.75) is 0 Å². The second-order valence-electron chi connectivity index (χ2n) is 4.87. The van der Waals surface area contributed by atoms with Crippen LogP contribution in [0.1, 0.15) is 10.4 Å². The van der Waals surface area contributed by atoms with Crippen molar-refractivity contribution in [2.24, 2.45) is 0 Å². The summed E-state index contributed by atoms with van der Waals surface area (Å²) >= 11 is 1.28. The van der Waals surface area contributed by atoms with Gasteiger partial charge in [-0.25, -0.2) is 4.98 Å². The summed E-state index contributed by atoms with van der Waals surface area (Å²) in [4.78, 5) is 16.8. The number of carbonyl (C=O) groups excluding carboxylic acids is 1. The zero-order valence-corrected chi connectivity index (χ0v) is 12.7. The fourth-order valence-corrected chi connectivity index (χ4v) is 2.71. The van der Waals surface area contributed by atoms with Crippen molar-refractivity contribution in [1.82, 2.24) is 19.6 Å². The highest BCUT2D eigenvalue weighted by molar-refractivity contribution is 7.13. The van der Waals surface area contributed by atoms with Gasteiger partial charge < -0.3 is 4.40 Å². The van der Waals surface area contributed by atoms with E-state index in [0.29, 0.717) is 16.3 Å². The van der Waals surface area contributed by atoms with Crippen LogP contribution >= 0.6 is 11.3 Å². The van der Waals surface area contributed by atoms with E-state index in [4.69, 9.17) is 0 Å². The van der Waals surface area contributed by atoms with Gasteiger partial charge in [0.15, 0.2) is 0 Å². The van der Waals surface area contributed by atoms with Crippen LogP contribution in [0.25, 0.3) is 16.9 Å². The maximum atomic E-state index is 12.2. The van der Waals surface area contributed by atoms with E-state index in [9.17, 15) is 4.79 Å². The Hall–Kier alpha value is -3.06. The molecule has 1 N–H and O–H groups in total. The zero-order chi connectivity index (χ0) is 15.6. The predicted molar refractivity (Wildman–Crippen MR) is 88.5 cm³/mol. The molecule has 3 aromatic heterocycles. The minimum absolute atomic E-state index is 0.228. The Balaban J connectivity index is 1.67. The molecule has 0 spiro atoms. The number of anilines is 1. The lowest BCUT2D eigenvalue weighted by Crippen LogP contribution is -2.12. The molecule has 0 aliphatic rings. The Labute approximate surface area is 135 Å². The summed E-state index contributed by atoms with van der Waals surface area (Å²) in [5, 5.41) is 10.7. The van der Waals surface area contributed by atoms with Crippen molar-refractivity contribution in [3.63, 3.8) is 0 Å². The zero-order valence-electron chi connectivity index (χ0n) is 11.9. The quantitative estimate of drug-likeness (QED) is 0.629. The van der Waals surface area contributed by atoms with E-state index in [1.165, 1.54) is 11.3 Å². The van der Waals surface area contributed by atoms with E-state index in [1.807, 2.05) is 47.1 Å². The summed E-state index contributed by atoms with van der Waals surface area (Å²) in [7, 11) is 0. The van der Waals surface area contributed by atoms with Gasteiger partial charge in [-0.05, 0) is 12.1 Å². The minimum Gasteiger partial charge on any atom is -0.306 e. The topological polar surface area (TPSA) is 72.2 Å². The predicted octanol–water partition coefficient (Wildman–Crippen LogP) is 3.11. The van der Waals surface area contributed by atoms with Crippen LogP contribution in [-0.4, -0.2) is 25.5 Å². The molecule has 23 heavy (non-hydrogen) atoms. The second kappa shape index (κ2) is 5.62. The molecule has 6 nitrogen and oxygen atoms in total. The highest BCUT2D eigenvalue weighted by Crippen LogP contribution is 2.19. The minimum atomic E-state index is -0.228. The van der Waals surface area contributed by atoms with Crippen molar-refractivity contribution in [3.8, 4) is 11.3 Å². The molecular weight excluding hydrogens is 310 g/mol. The highest BCUT2D eigenvalue weighted by Gasteiger charge is 2.10. The summed E-state index contributed by atoms with van der Waals surface area (Å²) < 4.78 is 1.89. The van der Waals surface area contributed by atoms with E-state index < -0.39 is 0 Å². The van der Waals surface area contributed by atoms with Crippen LogP contribution in [-0.2, 0) is 0 Å². The first-order valence-electron chi connectivity index (χ1n) is 6.91. The van der Waals surface area contributed by atoms with Crippen molar-refractivity contribution < 1.29 is 4.79 Å². The number of benzene rings is 1. The molecule has 112 valence electrons. The Morgan fingerprint density at radius 3 is 2.83 bits per heavy atom. The Kier molecular flexibility index (Phi) is 3.32. The monoisotopic (exact) mass is 321 g/mol. The van der Waals surface area contributed by atoms with Crippen LogP contribution in [0, 0.1) is 0 Å². The van der Waals surface area contributed by atoms with E-state index in [1.54, 1.807) is 17.6 Å². The molecular formula is C16H11N5OS. The van der Waals surface area contributed by atoms with Gasteiger partial charge in [-0.2, -0.15) is 0 Å². The molecule has 3 heterocycles. The number of nitrogens with one attached hydrogen (secondary N) is 1. The van der Waals surface area contributed by atoms with Crippen LogP contribution in [0.5, 0.6) is 0 Å². The molecule has 0 radical (unpaired) electrons. The lowest BCUT2D eigenvalue weighted by molar-refractivity contribution is 0.102. The van der Waals surface area contributed by atoms with Gasteiger partial charge in [0.05, 0.1) is 5.69 Å². The van der Waals surface area contributed by atoms with Gasteiger partial charge in [-0.15, -0.1) is 10.2 Å². The van der Waals surface area contributed by atoms with E-state index >= 15 is 0 Å². The normalized spacial score (nSPS) is 10.8. The maximum absolute atomic E-state index is 12.2. The second-order valence-corrected chi connectivity index (χ2v) is 5.70. The third-order valence-electron chi connectivity index (χ3n) is 3.37. The molecule has 1 aromatic carbocycles. The Bertz CT molecular complexity index is 963. The molecule has 0 fully saturated rings. The first-order valence-corrected chi connectivity index (χ1v) is 7.79. The summed E-state index contributed by atoms with van der Waals surface area (Å²) in [5.41, 5.74) is 4.72. The van der Waals surface area contributed by atoms with Gasteiger partial charge in [0.25, 0.3) is 5.91 Å². The average molecular weight is 321 g/mol. The number of aromatic nitrogens is 4. The Morgan fingerprint density at radius 2 is 2.04 bits per heavy atom.